The predicted molar refractivity (Wildman–Crippen MR) is 112 cm³/mol. The molecule has 2 N–H and O–H groups in total. The van der Waals surface area contributed by atoms with Gasteiger partial charge in [-0.1, -0.05) is 12.1 Å². The average molecular weight is 354 g/mol. The van der Waals surface area contributed by atoms with E-state index in [-0.39, 0.29) is 0 Å². The van der Waals surface area contributed by atoms with Gasteiger partial charge in [0.15, 0.2) is 0 Å². The summed E-state index contributed by atoms with van der Waals surface area (Å²) in [5.74, 6) is 0. The normalized spacial score (nSPS) is 15.4. The van der Waals surface area contributed by atoms with Crippen LogP contribution in [0, 0.1) is 6.92 Å². The van der Waals surface area contributed by atoms with E-state index in [2.05, 4.69) is 70.6 Å². The summed E-state index contributed by atoms with van der Waals surface area (Å²) >= 11 is 0. The van der Waals surface area contributed by atoms with Crippen molar-refractivity contribution in [1.29, 1.82) is 0 Å². The summed E-state index contributed by atoms with van der Waals surface area (Å²) in [5, 5.41) is 9.50. The molecule has 1 aliphatic rings. The molecule has 2 heterocycles. The fourth-order valence-electron chi connectivity index (χ4n) is 3.93. The highest BCUT2D eigenvalue weighted by atomic mass is 15.1. The van der Waals surface area contributed by atoms with Crippen LogP contribution in [0.3, 0.4) is 0 Å². The third-order valence-corrected chi connectivity index (χ3v) is 5.29. The SMILES string of the molecule is Cc1cc2cc(N=C(C3=CCCCC3)c3ccc4[nH]ncc4c3)ccc2[nH]1. The van der Waals surface area contributed by atoms with Crippen molar-refractivity contribution in [3.05, 3.63) is 71.6 Å². The van der Waals surface area contributed by atoms with Crippen LogP contribution in [-0.2, 0) is 0 Å². The molecule has 2 aromatic carbocycles. The number of hydrogen-bond donors (Lipinski definition) is 2. The van der Waals surface area contributed by atoms with E-state index in [9.17, 15) is 0 Å². The molecule has 0 amide bonds. The smallest absolute Gasteiger partial charge is 0.0738 e. The minimum Gasteiger partial charge on any atom is -0.359 e. The molecular weight excluding hydrogens is 332 g/mol. The lowest BCUT2D eigenvalue weighted by atomic mass is 9.92. The van der Waals surface area contributed by atoms with E-state index < -0.39 is 0 Å². The van der Waals surface area contributed by atoms with Crippen LogP contribution in [0.1, 0.15) is 36.9 Å². The van der Waals surface area contributed by atoms with E-state index >= 15 is 0 Å². The van der Waals surface area contributed by atoms with Crippen molar-refractivity contribution < 1.29 is 0 Å². The number of aromatic nitrogens is 3. The predicted octanol–water partition coefficient (Wildman–Crippen LogP) is 5.97. The molecule has 4 nitrogen and oxygen atoms in total. The van der Waals surface area contributed by atoms with Gasteiger partial charge >= 0.3 is 0 Å². The molecule has 27 heavy (non-hydrogen) atoms. The van der Waals surface area contributed by atoms with Gasteiger partial charge in [-0.2, -0.15) is 5.10 Å². The second-order valence-electron chi connectivity index (χ2n) is 7.33. The Morgan fingerprint density at radius 3 is 2.81 bits per heavy atom. The van der Waals surface area contributed by atoms with Crippen LogP contribution in [0.25, 0.3) is 21.8 Å². The Hall–Kier alpha value is -3.14. The van der Waals surface area contributed by atoms with Gasteiger partial charge in [-0.15, -0.1) is 0 Å². The number of nitrogens with zero attached hydrogens (tertiary/aromatic N) is 2. The first kappa shape index (κ1) is 16.1. The third-order valence-electron chi connectivity index (χ3n) is 5.29. The second-order valence-corrected chi connectivity index (χ2v) is 7.33. The molecule has 0 spiro atoms. The molecule has 1 aliphatic carbocycles. The standard InChI is InChI=1S/C23H22N4/c1-15-11-18-13-20(8-10-21(18)25-15)26-23(16-5-3-2-4-6-16)17-7-9-22-19(12-17)14-24-27-22/h5,7-14,25H,2-4,6H2,1H3,(H,24,27). The lowest BCUT2D eigenvalue weighted by Crippen LogP contribution is -2.08. The molecular formula is C23H22N4. The first-order valence-corrected chi connectivity index (χ1v) is 9.57. The van der Waals surface area contributed by atoms with Gasteiger partial charge in [0.1, 0.15) is 0 Å². The molecule has 5 rings (SSSR count). The number of rotatable bonds is 3. The summed E-state index contributed by atoms with van der Waals surface area (Å²) < 4.78 is 0. The Balaban J connectivity index is 1.65. The molecule has 0 atom stereocenters. The molecule has 4 heteroatoms. The first-order chi connectivity index (χ1) is 13.3. The Morgan fingerprint density at radius 2 is 1.93 bits per heavy atom. The van der Waals surface area contributed by atoms with Gasteiger partial charge in [-0.05, 0) is 74.6 Å². The van der Waals surface area contributed by atoms with Crippen LogP contribution >= 0.6 is 0 Å². The van der Waals surface area contributed by atoms with Crippen molar-refractivity contribution in [2.24, 2.45) is 4.99 Å². The van der Waals surface area contributed by atoms with Crippen molar-refractivity contribution >= 4 is 33.2 Å². The number of nitrogens with one attached hydrogen (secondary N) is 2. The van der Waals surface area contributed by atoms with Crippen molar-refractivity contribution in [2.45, 2.75) is 32.6 Å². The van der Waals surface area contributed by atoms with Crippen LogP contribution in [0.2, 0.25) is 0 Å². The maximum absolute atomic E-state index is 5.11. The van der Waals surface area contributed by atoms with Crippen LogP contribution in [0.4, 0.5) is 5.69 Å². The first-order valence-electron chi connectivity index (χ1n) is 9.57. The van der Waals surface area contributed by atoms with E-state index in [0.29, 0.717) is 0 Å². The number of H-pyrrole nitrogens is 2. The van der Waals surface area contributed by atoms with E-state index in [0.717, 1.165) is 46.2 Å². The molecule has 134 valence electrons. The molecule has 0 saturated heterocycles. The van der Waals surface area contributed by atoms with Crippen LogP contribution in [0.15, 0.2) is 65.3 Å². The quantitative estimate of drug-likeness (QED) is 0.437. The monoisotopic (exact) mass is 354 g/mol. The Bertz CT molecular complexity index is 1190. The minimum atomic E-state index is 0.996. The van der Waals surface area contributed by atoms with E-state index in [1.54, 1.807) is 0 Å². The Morgan fingerprint density at radius 1 is 1.00 bits per heavy atom. The van der Waals surface area contributed by atoms with Gasteiger partial charge < -0.3 is 4.98 Å². The van der Waals surface area contributed by atoms with Gasteiger partial charge in [0.05, 0.1) is 23.1 Å². The second kappa shape index (κ2) is 6.54. The summed E-state index contributed by atoms with van der Waals surface area (Å²) in [4.78, 5) is 8.49. The molecule has 0 saturated carbocycles. The van der Waals surface area contributed by atoms with Crippen molar-refractivity contribution in [1.82, 2.24) is 15.2 Å². The number of hydrogen-bond acceptors (Lipinski definition) is 2. The molecule has 0 bridgehead atoms. The summed E-state index contributed by atoms with van der Waals surface area (Å²) in [6, 6.07) is 15.0. The molecule has 0 fully saturated rings. The van der Waals surface area contributed by atoms with E-state index in [1.807, 2.05) is 6.20 Å². The number of aromatic amines is 2. The number of aryl methyl sites for hydroxylation is 1. The molecule has 2 aromatic heterocycles. The lowest BCUT2D eigenvalue weighted by molar-refractivity contribution is 0.717. The van der Waals surface area contributed by atoms with Crippen LogP contribution < -0.4 is 0 Å². The van der Waals surface area contributed by atoms with Gasteiger partial charge in [0, 0.05) is 27.5 Å². The number of fused-ring (bicyclic) bond motifs is 2. The average Bonchev–Trinajstić information content (AvgIpc) is 3.31. The van der Waals surface area contributed by atoms with E-state index in [4.69, 9.17) is 4.99 Å². The minimum absolute atomic E-state index is 0.996. The number of aliphatic imine (C=N–C) groups is 1. The Kier molecular flexibility index (Phi) is 3.89. The fourth-order valence-corrected chi connectivity index (χ4v) is 3.93. The highest BCUT2D eigenvalue weighted by Crippen LogP contribution is 2.28. The zero-order valence-electron chi connectivity index (χ0n) is 15.4. The molecule has 0 radical (unpaired) electrons. The molecule has 0 unspecified atom stereocenters. The molecule has 4 aromatic rings. The maximum atomic E-state index is 5.11. The highest BCUT2D eigenvalue weighted by Gasteiger charge is 2.14. The van der Waals surface area contributed by atoms with Crippen molar-refractivity contribution in [3.63, 3.8) is 0 Å². The summed E-state index contributed by atoms with van der Waals surface area (Å²) in [6.45, 7) is 2.08. The number of benzene rings is 2. The van der Waals surface area contributed by atoms with Crippen LogP contribution in [0.5, 0.6) is 0 Å². The molecule has 0 aliphatic heterocycles. The zero-order chi connectivity index (χ0) is 18.2. The third kappa shape index (κ3) is 3.08. The Labute approximate surface area is 158 Å². The lowest BCUT2D eigenvalue weighted by Gasteiger charge is -2.16. The zero-order valence-corrected chi connectivity index (χ0v) is 15.4. The van der Waals surface area contributed by atoms with Crippen molar-refractivity contribution in [2.75, 3.05) is 0 Å². The maximum Gasteiger partial charge on any atom is 0.0738 e. The van der Waals surface area contributed by atoms with Gasteiger partial charge in [-0.25, -0.2) is 4.99 Å². The topological polar surface area (TPSA) is 56.8 Å². The van der Waals surface area contributed by atoms with Gasteiger partial charge in [0.2, 0.25) is 0 Å². The summed E-state index contributed by atoms with van der Waals surface area (Å²) in [7, 11) is 0. The van der Waals surface area contributed by atoms with Crippen molar-refractivity contribution in [3.8, 4) is 0 Å². The summed E-state index contributed by atoms with van der Waals surface area (Å²) in [5.41, 5.74) is 7.98. The fraction of sp³-hybridized carbons (Fsp3) is 0.217. The highest BCUT2D eigenvalue weighted by molar-refractivity contribution is 6.15. The summed E-state index contributed by atoms with van der Waals surface area (Å²) in [6.07, 6.45) is 8.97. The van der Waals surface area contributed by atoms with E-state index in [1.165, 1.54) is 29.5 Å². The van der Waals surface area contributed by atoms with Gasteiger partial charge in [0.25, 0.3) is 0 Å². The number of allylic oxidation sites excluding steroid dienone is 2. The largest absolute Gasteiger partial charge is 0.359 e. The van der Waals surface area contributed by atoms with Crippen LogP contribution in [-0.4, -0.2) is 20.9 Å². The van der Waals surface area contributed by atoms with Gasteiger partial charge in [-0.3, -0.25) is 5.10 Å².